The summed E-state index contributed by atoms with van der Waals surface area (Å²) >= 11 is 3.32. The smallest absolute Gasteiger partial charge is 0.326 e. The zero-order valence-corrected chi connectivity index (χ0v) is 13.4. The molecule has 0 heterocycles. The van der Waals surface area contributed by atoms with Crippen LogP contribution in [-0.4, -0.2) is 29.7 Å². The summed E-state index contributed by atoms with van der Waals surface area (Å²) in [7, 11) is 0. The van der Waals surface area contributed by atoms with E-state index in [9.17, 15) is 13.2 Å². The van der Waals surface area contributed by atoms with Gasteiger partial charge in [0.05, 0.1) is 12.6 Å². The van der Waals surface area contributed by atoms with Crippen LogP contribution in [0.3, 0.4) is 0 Å². The van der Waals surface area contributed by atoms with Crippen LogP contribution in [0.5, 0.6) is 0 Å². The van der Waals surface area contributed by atoms with Gasteiger partial charge in [-0.05, 0) is 38.5 Å². The number of benzene rings is 1. The van der Waals surface area contributed by atoms with Crippen LogP contribution in [0, 0.1) is 0 Å². The van der Waals surface area contributed by atoms with E-state index >= 15 is 0 Å². The quantitative estimate of drug-likeness (QED) is 0.863. The van der Waals surface area contributed by atoms with E-state index < -0.39 is 24.8 Å². The average molecular weight is 353 g/mol. The van der Waals surface area contributed by atoms with E-state index in [-0.39, 0.29) is 6.04 Å². The fourth-order valence-corrected chi connectivity index (χ4v) is 2.53. The molecule has 1 aromatic carbocycles. The maximum atomic E-state index is 12.8. The third kappa shape index (κ3) is 5.07. The Morgan fingerprint density at radius 3 is 2.00 bits per heavy atom. The molecule has 6 heteroatoms. The van der Waals surface area contributed by atoms with Gasteiger partial charge in [-0.25, -0.2) is 0 Å². The van der Waals surface area contributed by atoms with Gasteiger partial charge >= 0.3 is 6.18 Å². The number of nitrogens with two attached hydrogens (primary N) is 1. The fraction of sp³-hybridized carbons (Fsp3) is 0.571. The molecule has 0 saturated carbocycles. The number of halogens is 4. The van der Waals surface area contributed by atoms with Crippen LogP contribution in [0.25, 0.3) is 0 Å². The molecule has 2 nitrogen and oxygen atoms in total. The molecule has 0 aliphatic rings. The third-order valence-corrected chi connectivity index (χ3v) is 3.62. The molecule has 0 aromatic heterocycles. The second-order valence-corrected chi connectivity index (χ2v) is 6.15. The van der Waals surface area contributed by atoms with E-state index in [1.54, 1.807) is 20.8 Å². The van der Waals surface area contributed by atoms with Gasteiger partial charge in [-0.15, -0.1) is 0 Å². The van der Waals surface area contributed by atoms with Gasteiger partial charge in [0.1, 0.15) is 0 Å². The Balaban J connectivity index is 3.11. The van der Waals surface area contributed by atoms with Crippen molar-refractivity contribution in [3.63, 3.8) is 0 Å². The van der Waals surface area contributed by atoms with Crippen molar-refractivity contribution >= 4 is 15.9 Å². The summed E-state index contributed by atoms with van der Waals surface area (Å²) in [4.78, 5) is 1.40. The van der Waals surface area contributed by atoms with E-state index in [0.717, 1.165) is 10.0 Å². The summed E-state index contributed by atoms with van der Waals surface area (Å²) in [6.07, 6.45) is -4.24. The number of nitrogens with zero attached hydrogens (tertiary/aromatic N) is 1. The van der Waals surface area contributed by atoms with Crippen molar-refractivity contribution in [3.05, 3.63) is 34.3 Å². The Hall–Kier alpha value is -0.590. The van der Waals surface area contributed by atoms with Gasteiger partial charge in [0, 0.05) is 16.6 Å². The third-order valence-electron chi connectivity index (χ3n) is 3.09. The largest absolute Gasteiger partial charge is 0.401 e. The van der Waals surface area contributed by atoms with Gasteiger partial charge in [0.15, 0.2) is 0 Å². The molecule has 2 atom stereocenters. The molecular formula is C14H20BrF3N2. The number of rotatable bonds is 5. The highest BCUT2D eigenvalue weighted by Crippen LogP contribution is 2.30. The lowest BCUT2D eigenvalue weighted by Crippen LogP contribution is -2.47. The first-order chi connectivity index (χ1) is 9.11. The maximum Gasteiger partial charge on any atom is 0.401 e. The maximum absolute atomic E-state index is 12.8. The highest BCUT2D eigenvalue weighted by atomic mass is 79.9. The van der Waals surface area contributed by atoms with Crippen molar-refractivity contribution in [3.8, 4) is 0 Å². The topological polar surface area (TPSA) is 29.3 Å². The van der Waals surface area contributed by atoms with Crippen molar-refractivity contribution in [1.82, 2.24) is 4.90 Å². The second kappa shape index (κ2) is 6.91. The predicted octanol–water partition coefficient (Wildman–Crippen LogP) is 4.11. The highest BCUT2D eigenvalue weighted by molar-refractivity contribution is 9.10. The van der Waals surface area contributed by atoms with Crippen molar-refractivity contribution in [2.75, 3.05) is 6.54 Å². The molecule has 20 heavy (non-hydrogen) atoms. The minimum absolute atomic E-state index is 0.253. The van der Waals surface area contributed by atoms with Gasteiger partial charge in [-0.3, -0.25) is 4.90 Å². The Morgan fingerprint density at radius 1 is 1.15 bits per heavy atom. The summed E-state index contributed by atoms with van der Waals surface area (Å²) in [6.45, 7) is 4.27. The molecule has 0 aliphatic carbocycles. The molecule has 0 bridgehead atoms. The van der Waals surface area contributed by atoms with Gasteiger partial charge in [-0.1, -0.05) is 28.1 Å². The molecule has 0 amide bonds. The van der Waals surface area contributed by atoms with E-state index in [0.29, 0.717) is 0 Å². The molecule has 114 valence electrons. The normalized spacial score (nSPS) is 15.7. The van der Waals surface area contributed by atoms with Gasteiger partial charge in [-0.2, -0.15) is 13.2 Å². The molecule has 2 N–H and O–H groups in total. The lowest BCUT2D eigenvalue weighted by atomic mass is 9.98. The molecule has 1 aromatic rings. The Kier molecular flexibility index (Phi) is 6.04. The predicted molar refractivity (Wildman–Crippen MR) is 78.4 cm³/mol. The van der Waals surface area contributed by atoms with E-state index in [2.05, 4.69) is 15.9 Å². The molecule has 0 saturated heterocycles. The van der Waals surface area contributed by atoms with Crippen molar-refractivity contribution in [2.45, 2.75) is 45.1 Å². The van der Waals surface area contributed by atoms with E-state index in [4.69, 9.17) is 5.73 Å². The summed E-state index contributed by atoms with van der Waals surface area (Å²) in [5.41, 5.74) is 6.74. The van der Waals surface area contributed by atoms with Crippen LogP contribution < -0.4 is 5.73 Å². The summed E-state index contributed by atoms with van der Waals surface area (Å²) in [6, 6.07) is 6.13. The second-order valence-electron chi connectivity index (χ2n) is 5.24. The van der Waals surface area contributed by atoms with Crippen LogP contribution in [0.1, 0.15) is 32.4 Å². The lowest BCUT2D eigenvalue weighted by Gasteiger charge is -2.38. The van der Waals surface area contributed by atoms with Crippen LogP contribution in [0.2, 0.25) is 0 Å². The monoisotopic (exact) mass is 352 g/mol. The SMILES string of the molecule is CC(N)C(c1ccc(Br)cc1)N(CC(F)(F)F)C(C)C. The first-order valence-corrected chi connectivity index (χ1v) is 7.24. The first-order valence-electron chi connectivity index (χ1n) is 6.45. The van der Waals surface area contributed by atoms with Crippen LogP contribution >= 0.6 is 15.9 Å². The Bertz CT molecular complexity index is 415. The number of hydrogen-bond acceptors (Lipinski definition) is 2. The van der Waals surface area contributed by atoms with Crippen LogP contribution in [0.4, 0.5) is 13.2 Å². The fourth-order valence-electron chi connectivity index (χ4n) is 2.27. The zero-order chi connectivity index (χ0) is 15.5. The van der Waals surface area contributed by atoms with Gasteiger partial charge in [0.25, 0.3) is 0 Å². The molecule has 1 rings (SSSR count). The van der Waals surface area contributed by atoms with Gasteiger partial charge < -0.3 is 5.73 Å². The molecule has 0 fully saturated rings. The average Bonchev–Trinajstić information content (AvgIpc) is 2.28. The number of alkyl halides is 3. The van der Waals surface area contributed by atoms with Crippen molar-refractivity contribution < 1.29 is 13.2 Å². The van der Waals surface area contributed by atoms with Gasteiger partial charge in [0.2, 0.25) is 0 Å². The molecule has 2 unspecified atom stereocenters. The summed E-state index contributed by atoms with van der Waals surface area (Å²) in [5.74, 6) is 0. The first kappa shape index (κ1) is 17.5. The highest BCUT2D eigenvalue weighted by Gasteiger charge is 2.36. The standard InChI is InChI=1S/C14H20BrF3N2/c1-9(2)20(8-14(16,17)18)13(10(3)19)11-4-6-12(15)7-5-11/h4-7,9-10,13H,8,19H2,1-3H3. The lowest BCUT2D eigenvalue weighted by molar-refractivity contribution is -0.156. The van der Waals surface area contributed by atoms with Crippen LogP contribution in [-0.2, 0) is 0 Å². The molecule has 0 spiro atoms. The van der Waals surface area contributed by atoms with E-state index in [1.165, 1.54) is 4.90 Å². The molecular weight excluding hydrogens is 333 g/mol. The molecule has 0 radical (unpaired) electrons. The summed E-state index contributed by atoms with van der Waals surface area (Å²) in [5, 5.41) is 0. The van der Waals surface area contributed by atoms with Crippen molar-refractivity contribution in [2.24, 2.45) is 5.73 Å². The molecule has 0 aliphatic heterocycles. The number of hydrogen-bond donors (Lipinski definition) is 1. The summed E-state index contributed by atoms with van der Waals surface area (Å²) < 4.78 is 39.2. The van der Waals surface area contributed by atoms with Crippen LogP contribution in [0.15, 0.2) is 28.7 Å². The minimum atomic E-state index is -4.24. The zero-order valence-electron chi connectivity index (χ0n) is 11.8. The Labute approximate surface area is 126 Å². The Morgan fingerprint density at radius 2 is 1.65 bits per heavy atom. The van der Waals surface area contributed by atoms with E-state index in [1.807, 2.05) is 24.3 Å². The van der Waals surface area contributed by atoms with Crippen molar-refractivity contribution in [1.29, 1.82) is 0 Å². The minimum Gasteiger partial charge on any atom is -0.326 e.